The minimum Gasteiger partial charge on any atom is -0.481 e. The molecule has 0 bridgehead atoms. The highest BCUT2D eigenvalue weighted by Crippen LogP contribution is 2.40. The Hall–Kier alpha value is -3.62. The van der Waals surface area contributed by atoms with Gasteiger partial charge in [-0.25, -0.2) is 14.5 Å². The van der Waals surface area contributed by atoms with Crippen molar-refractivity contribution in [2.45, 2.75) is 31.6 Å². The van der Waals surface area contributed by atoms with Crippen LogP contribution >= 0.6 is 23.2 Å². The van der Waals surface area contributed by atoms with Crippen molar-refractivity contribution in [1.82, 2.24) is 24.6 Å². The molecule has 1 saturated carbocycles. The van der Waals surface area contributed by atoms with Gasteiger partial charge in [0.15, 0.2) is 5.82 Å². The molecule has 0 atom stereocenters. The van der Waals surface area contributed by atoms with Gasteiger partial charge in [-0.3, -0.25) is 4.79 Å². The lowest BCUT2D eigenvalue weighted by Crippen LogP contribution is -2.21. The number of imidazole rings is 1. The number of nitrogen functional groups attached to an aromatic ring is 1. The van der Waals surface area contributed by atoms with Gasteiger partial charge in [0.1, 0.15) is 23.4 Å². The third kappa shape index (κ3) is 3.77. The molecule has 0 unspecified atom stereocenters. The van der Waals surface area contributed by atoms with E-state index in [1.807, 2.05) is 30.3 Å². The van der Waals surface area contributed by atoms with Crippen molar-refractivity contribution in [2.75, 3.05) is 5.73 Å². The van der Waals surface area contributed by atoms with Crippen molar-refractivity contribution in [3.8, 4) is 22.5 Å². The number of para-hydroxylation sites is 1. The molecular weight excluding hydrogens is 499 g/mol. The van der Waals surface area contributed by atoms with E-state index in [1.165, 1.54) is 6.33 Å². The highest BCUT2D eigenvalue weighted by atomic mass is 35.5. The van der Waals surface area contributed by atoms with Crippen molar-refractivity contribution >= 4 is 51.4 Å². The number of H-pyrrole nitrogens is 1. The summed E-state index contributed by atoms with van der Waals surface area (Å²) >= 11 is 12.8. The Kier molecular flexibility index (Phi) is 5.58. The summed E-state index contributed by atoms with van der Waals surface area (Å²) in [6, 6.07) is 13.4. The fourth-order valence-corrected chi connectivity index (χ4v) is 5.63. The lowest BCUT2D eigenvalue weighted by molar-refractivity contribution is -0.142. The Morgan fingerprint density at radius 1 is 1.08 bits per heavy atom. The first-order valence-electron chi connectivity index (χ1n) is 11.7. The lowest BCUT2D eigenvalue weighted by atomic mass is 9.82. The topological polar surface area (TPSA) is 122 Å². The minimum absolute atomic E-state index is 0.0846. The van der Waals surface area contributed by atoms with Crippen molar-refractivity contribution in [3.05, 3.63) is 64.7 Å². The Bertz CT molecular complexity index is 1630. The van der Waals surface area contributed by atoms with E-state index < -0.39 is 5.97 Å². The van der Waals surface area contributed by atoms with Gasteiger partial charge >= 0.3 is 5.97 Å². The van der Waals surface area contributed by atoms with Crippen LogP contribution in [0, 0.1) is 5.92 Å². The van der Waals surface area contributed by atoms with Gasteiger partial charge in [0.25, 0.3) is 0 Å². The van der Waals surface area contributed by atoms with E-state index in [0.717, 1.165) is 46.4 Å². The van der Waals surface area contributed by atoms with Crippen LogP contribution in [0.5, 0.6) is 0 Å². The van der Waals surface area contributed by atoms with Crippen molar-refractivity contribution in [2.24, 2.45) is 5.92 Å². The molecule has 3 aromatic heterocycles. The third-order valence-corrected chi connectivity index (χ3v) is 7.62. The standard InChI is InChI=1S/C26H22Cl2N6O2/c27-16-8-9-19(28)18(11-16)17-3-1-2-15-10-20(32-21(15)17)22-23-24(29)30-12-31-34(23)25(33-22)13-4-6-14(7-5-13)26(35)36/h1-3,8-14,32H,4-7H2,(H,35,36)(H2,29,30,31). The number of fused-ring (bicyclic) bond motifs is 2. The maximum atomic E-state index is 11.4. The number of anilines is 1. The molecule has 0 radical (unpaired) electrons. The highest BCUT2D eigenvalue weighted by molar-refractivity contribution is 6.35. The summed E-state index contributed by atoms with van der Waals surface area (Å²) < 4.78 is 1.75. The molecule has 10 heteroatoms. The van der Waals surface area contributed by atoms with Gasteiger partial charge < -0.3 is 15.8 Å². The van der Waals surface area contributed by atoms with E-state index in [1.54, 1.807) is 16.6 Å². The largest absolute Gasteiger partial charge is 0.481 e. The van der Waals surface area contributed by atoms with Crippen LogP contribution in [0.2, 0.25) is 10.0 Å². The number of nitrogens with one attached hydrogen (secondary N) is 1. The molecule has 0 aliphatic heterocycles. The van der Waals surface area contributed by atoms with Gasteiger partial charge in [0.2, 0.25) is 0 Å². The first-order valence-corrected chi connectivity index (χ1v) is 12.5. The normalized spacial score (nSPS) is 18.2. The number of halogens is 2. The summed E-state index contributed by atoms with van der Waals surface area (Å²) in [5, 5.41) is 16.0. The quantitative estimate of drug-likeness (QED) is 0.259. The molecule has 5 aromatic rings. The number of aromatic amines is 1. The average Bonchev–Trinajstić information content (AvgIpc) is 3.48. The Morgan fingerprint density at radius 3 is 2.67 bits per heavy atom. The third-order valence-electron chi connectivity index (χ3n) is 7.06. The van der Waals surface area contributed by atoms with Crippen molar-refractivity contribution in [1.29, 1.82) is 0 Å². The molecular formula is C26H22Cl2N6O2. The summed E-state index contributed by atoms with van der Waals surface area (Å²) in [6.45, 7) is 0. The van der Waals surface area contributed by atoms with Crippen LogP contribution in [0.4, 0.5) is 5.82 Å². The number of hydrogen-bond donors (Lipinski definition) is 3. The van der Waals surface area contributed by atoms with E-state index in [4.69, 9.17) is 33.9 Å². The summed E-state index contributed by atoms with van der Waals surface area (Å²) in [5.74, 6) is 0.144. The maximum absolute atomic E-state index is 11.4. The fraction of sp³-hybridized carbons (Fsp3) is 0.231. The van der Waals surface area contributed by atoms with Gasteiger partial charge in [0.05, 0.1) is 17.1 Å². The Morgan fingerprint density at radius 2 is 1.89 bits per heavy atom. The van der Waals surface area contributed by atoms with Gasteiger partial charge in [0, 0.05) is 32.5 Å². The molecule has 6 rings (SSSR count). The van der Waals surface area contributed by atoms with Gasteiger partial charge in [-0.15, -0.1) is 0 Å². The summed E-state index contributed by atoms with van der Waals surface area (Å²) in [5.41, 5.74) is 11.0. The molecule has 2 aromatic carbocycles. The number of nitrogens with two attached hydrogens (primary N) is 1. The minimum atomic E-state index is -0.734. The van der Waals surface area contributed by atoms with Crippen molar-refractivity contribution in [3.63, 3.8) is 0 Å². The molecule has 1 fully saturated rings. The number of hydrogen-bond acceptors (Lipinski definition) is 5. The smallest absolute Gasteiger partial charge is 0.306 e. The second-order valence-corrected chi connectivity index (χ2v) is 10.0. The van der Waals surface area contributed by atoms with Crippen LogP contribution in [0.1, 0.15) is 37.4 Å². The van der Waals surface area contributed by atoms with E-state index in [2.05, 4.69) is 15.1 Å². The Balaban J connectivity index is 1.49. The predicted molar refractivity (Wildman–Crippen MR) is 140 cm³/mol. The van der Waals surface area contributed by atoms with Crippen LogP contribution < -0.4 is 5.73 Å². The predicted octanol–water partition coefficient (Wildman–Crippen LogP) is 6.19. The average molecular weight is 521 g/mol. The second-order valence-electron chi connectivity index (χ2n) is 9.19. The molecule has 4 N–H and O–H groups in total. The molecule has 0 spiro atoms. The van der Waals surface area contributed by atoms with Gasteiger partial charge in [-0.05, 0) is 49.9 Å². The number of benzene rings is 2. The van der Waals surface area contributed by atoms with Crippen LogP contribution in [-0.2, 0) is 4.79 Å². The van der Waals surface area contributed by atoms with Crippen molar-refractivity contribution < 1.29 is 9.90 Å². The Labute approximate surface area is 216 Å². The molecule has 0 amide bonds. The number of carboxylic acid groups (broad SMARTS) is 1. The number of aliphatic carboxylic acids is 1. The van der Waals surface area contributed by atoms with E-state index >= 15 is 0 Å². The fourth-order valence-electron chi connectivity index (χ4n) is 5.24. The first-order chi connectivity index (χ1) is 17.4. The van der Waals surface area contributed by atoms with E-state index in [9.17, 15) is 9.90 Å². The monoisotopic (exact) mass is 520 g/mol. The summed E-state index contributed by atoms with van der Waals surface area (Å²) in [6.07, 6.45) is 4.10. The van der Waals surface area contributed by atoms with Crippen LogP contribution in [0.3, 0.4) is 0 Å². The van der Waals surface area contributed by atoms with Crippen LogP contribution in [-0.4, -0.2) is 35.6 Å². The molecule has 1 aliphatic rings. The van der Waals surface area contributed by atoms with Gasteiger partial charge in [-0.2, -0.15) is 5.10 Å². The lowest BCUT2D eigenvalue weighted by Gasteiger charge is -2.24. The number of nitrogens with zero attached hydrogens (tertiary/aromatic N) is 4. The molecule has 3 heterocycles. The molecule has 0 saturated heterocycles. The van der Waals surface area contributed by atoms with Crippen LogP contribution in [0.25, 0.3) is 38.9 Å². The molecule has 36 heavy (non-hydrogen) atoms. The number of rotatable bonds is 4. The van der Waals surface area contributed by atoms with Gasteiger partial charge in [-0.1, -0.05) is 41.4 Å². The zero-order valence-electron chi connectivity index (χ0n) is 19.1. The number of aromatic nitrogens is 5. The maximum Gasteiger partial charge on any atom is 0.306 e. The zero-order valence-corrected chi connectivity index (χ0v) is 20.6. The first kappa shape index (κ1) is 22.8. The molecule has 182 valence electrons. The van der Waals surface area contributed by atoms with E-state index in [0.29, 0.717) is 39.9 Å². The SMILES string of the molecule is Nc1ncnn2c(C3CCC(C(=O)O)CC3)nc(-c3cc4cccc(-c5cc(Cl)ccc5Cl)c4[nH]3)c12. The second kappa shape index (κ2) is 8.80. The highest BCUT2D eigenvalue weighted by Gasteiger charge is 2.31. The zero-order chi connectivity index (χ0) is 25.0. The number of carboxylic acids is 1. The van der Waals surface area contributed by atoms with E-state index in [-0.39, 0.29) is 11.8 Å². The van der Waals surface area contributed by atoms with Crippen LogP contribution in [0.15, 0.2) is 48.8 Å². The molecule has 1 aliphatic carbocycles. The molecule has 8 nitrogen and oxygen atoms in total. The summed E-state index contributed by atoms with van der Waals surface area (Å²) in [4.78, 5) is 24.1. The summed E-state index contributed by atoms with van der Waals surface area (Å²) in [7, 11) is 0. The number of carbonyl (C=O) groups is 1.